The number of hydrogen-bond acceptors (Lipinski definition) is 4. The van der Waals surface area contributed by atoms with Crippen LogP contribution in [0, 0.1) is 11.3 Å². The Morgan fingerprint density at radius 1 is 1.60 bits per heavy atom. The normalized spacial score (nSPS) is 11.2. The van der Waals surface area contributed by atoms with Gasteiger partial charge in [0.15, 0.2) is 5.75 Å². The van der Waals surface area contributed by atoms with Crippen LogP contribution in [0.25, 0.3) is 0 Å². The van der Waals surface area contributed by atoms with Gasteiger partial charge in [-0.15, -0.1) is 11.3 Å². The van der Waals surface area contributed by atoms with Gasteiger partial charge in [-0.05, 0) is 23.4 Å². The Morgan fingerprint density at radius 3 is 2.93 bits per heavy atom. The van der Waals surface area contributed by atoms with Gasteiger partial charge in [0.2, 0.25) is 10.0 Å². The van der Waals surface area contributed by atoms with Crippen LogP contribution in [0.15, 0.2) is 11.4 Å². The lowest BCUT2D eigenvalue weighted by Crippen LogP contribution is -2.25. The molecular formula is C9H12N2O2S2. The van der Waals surface area contributed by atoms with Crippen LogP contribution in [0.1, 0.15) is 17.4 Å². The average Bonchev–Trinajstić information content (AvgIpc) is 2.62. The molecule has 1 rings (SSSR count). The number of aryl methyl sites for hydroxylation is 1. The summed E-state index contributed by atoms with van der Waals surface area (Å²) in [6.07, 6.45) is 0.888. The number of nitrogens with one attached hydrogen (secondary N) is 1. The third-order valence-electron chi connectivity index (χ3n) is 1.93. The summed E-state index contributed by atoms with van der Waals surface area (Å²) in [6.45, 7) is 2.31. The summed E-state index contributed by atoms with van der Waals surface area (Å²) in [5, 5.41) is 10.2. The molecule has 0 aliphatic carbocycles. The summed E-state index contributed by atoms with van der Waals surface area (Å²) in [7, 11) is -3.44. The van der Waals surface area contributed by atoms with Crippen molar-refractivity contribution in [3.63, 3.8) is 0 Å². The quantitative estimate of drug-likeness (QED) is 0.847. The van der Waals surface area contributed by atoms with E-state index in [9.17, 15) is 8.42 Å². The Hall–Kier alpha value is -0.900. The molecule has 0 aromatic carbocycles. The molecule has 15 heavy (non-hydrogen) atoms. The predicted molar refractivity (Wildman–Crippen MR) is 59.9 cm³/mol. The van der Waals surface area contributed by atoms with E-state index < -0.39 is 15.8 Å². The maximum Gasteiger partial charge on any atom is 0.225 e. The molecule has 0 saturated heterocycles. The van der Waals surface area contributed by atoms with Crippen LogP contribution in [0.4, 0.5) is 0 Å². The Morgan fingerprint density at radius 2 is 2.33 bits per heavy atom. The summed E-state index contributed by atoms with van der Waals surface area (Å²) in [5.41, 5.74) is 1.15. The van der Waals surface area contributed by atoms with Crippen molar-refractivity contribution in [2.24, 2.45) is 0 Å². The van der Waals surface area contributed by atoms with E-state index in [1.165, 1.54) is 11.3 Å². The van der Waals surface area contributed by atoms with Crippen molar-refractivity contribution in [2.45, 2.75) is 19.9 Å². The summed E-state index contributed by atoms with van der Waals surface area (Å²) in [4.78, 5) is 1.01. The number of thiophene rings is 1. The second kappa shape index (κ2) is 5.26. The first-order valence-corrected chi connectivity index (χ1v) is 7.01. The van der Waals surface area contributed by atoms with Crippen LogP contribution in [0.2, 0.25) is 0 Å². The highest BCUT2D eigenvalue weighted by molar-refractivity contribution is 7.89. The zero-order valence-corrected chi connectivity index (χ0v) is 9.99. The average molecular weight is 244 g/mol. The molecule has 82 valence electrons. The second-order valence-corrected chi connectivity index (χ2v) is 5.77. The van der Waals surface area contributed by atoms with Gasteiger partial charge < -0.3 is 0 Å². The van der Waals surface area contributed by atoms with E-state index in [1.54, 1.807) is 6.07 Å². The first-order chi connectivity index (χ1) is 7.09. The molecule has 0 unspecified atom stereocenters. The third-order valence-corrected chi connectivity index (χ3v) is 3.98. The van der Waals surface area contributed by atoms with Crippen molar-refractivity contribution in [3.05, 3.63) is 21.9 Å². The van der Waals surface area contributed by atoms with Crippen molar-refractivity contribution in [1.82, 2.24) is 4.72 Å². The highest BCUT2D eigenvalue weighted by atomic mass is 32.2. The topological polar surface area (TPSA) is 70.0 Å². The van der Waals surface area contributed by atoms with Gasteiger partial charge in [0.05, 0.1) is 6.07 Å². The molecule has 0 atom stereocenters. The Labute approximate surface area is 93.6 Å². The number of nitrogens with zero attached hydrogens (tertiary/aromatic N) is 1. The SMILES string of the molecule is CCc1ccsc1CNS(=O)(=O)CC#N. The van der Waals surface area contributed by atoms with Crippen molar-refractivity contribution < 1.29 is 8.42 Å². The van der Waals surface area contributed by atoms with E-state index in [4.69, 9.17) is 5.26 Å². The molecule has 1 heterocycles. The fourth-order valence-corrected chi connectivity index (χ4v) is 2.79. The Bertz CT molecular complexity index is 457. The van der Waals surface area contributed by atoms with Gasteiger partial charge in [0, 0.05) is 11.4 Å². The van der Waals surface area contributed by atoms with Crippen LogP contribution in [0.3, 0.4) is 0 Å². The van der Waals surface area contributed by atoms with Gasteiger partial charge in [0.25, 0.3) is 0 Å². The lowest BCUT2D eigenvalue weighted by atomic mass is 10.2. The fourth-order valence-electron chi connectivity index (χ4n) is 1.15. The van der Waals surface area contributed by atoms with E-state index in [2.05, 4.69) is 4.72 Å². The van der Waals surface area contributed by atoms with Crippen LogP contribution < -0.4 is 4.72 Å². The molecule has 0 fully saturated rings. The van der Waals surface area contributed by atoms with Crippen LogP contribution in [-0.2, 0) is 23.0 Å². The molecule has 0 bridgehead atoms. The number of hydrogen-bond donors (Lipinski definition) is 1. The third kappa shape index (κ3) is 3.63. The summed E-state index contributed by atoms with van der Waals surface area (Å²) in [5.74, 6) is -0.486. The number of nitriles is 1. The Balaban J connectivity index is 2.62. The van der Waals surface area contributed by atoms with Crippen LogP contribution in [-0.4, -0.2) is 14.2 Å². The van der Waals surface area contributed by atoms with Gasteiger partial charge in [-0.25, -0.2) is 13.1 Å². The number of rotatable bonds is 5. The lowest BCUT2D eigenvalue weighted by Gasteiger charge is -2.03. The summed E-state index contributed by atoms with van der Waals surface area (Å²) >= 11 is 1.52. The van der Waals surface area contributed by atoms with Crippen LogP contribution in [0.5, 0.6) is 0 Å². The van der Waals surface area contributed by atoms with Crippen molar-refractivity contribution in [1.29, 1.82) is 5.26 Å². The monoisotopic (exact) mass is 244 g/mol. The minimum Gasteiger partial charge on any atom is -0.211 e. The molecule has 0 aliphatic rings. The van der Waals surface area contributed by atoms with E-state index in [0.717, 1.165) is 16.9 Å². The molecular weight excluding hydrogens is 232 g/mol. The zero-order valence-electron chi connectivity index (χ0n) is 8.36. The second-order valence-electron chi connectivity index (χ2n) is 2.96. The minimum atomic E-state index is -3.44. The van der Waals surface area contributed by atoms with Gasteiger partial charge >= 0.3 is 0 Å². The van der Waals surface area contributed by atoms with E-state index in [0.29, 0.717) is 0 Å². The maximum absolute atomic E-state index is 11.2. The van der Waals surface area contributed by atoms with E-state index >= 15 is 0 Å². The van der Waals surface area contributed by atoms with Gasteiger partial charge in [0.1, 0.15) is 0 Å². The molecule has 1 aromatic rings. The van der Waals surface area contributed by atoms with Gasteiger partial charge in [-0.3, -0.25) is 0 Å². The highest BCUT2D eigenvalue weighted by Crippen LogP contribution is 2.17. The molecule has 4 nitrogen and oxygen atoms in total. The molecule has 1 N–H and O–H groups in total. The Kier molecular flexibility index (Phi) is 4.27. The molecule has 0 saturated carbocycles. The first kappa shape index (κ1) is 12.2. The van der Waals surface area contributed by atoms with Gasteiger partial charge in [-0.2, -0.15) is 5.26 Å². The van der Waals surface area contributed by atoms with Crippen LogP contribution >= 0.6 is 11.3 Å². The first-order valence-electron chi connectivity index (χ1n) is 4.48. The van der Waals surface area contributed by atoms with Crippen molar-refractivity contribution in [2.75, 3.05) is 5.75 Å². The molecule has 0 radical (unpaired) electrons. The van der Waals surface area contributed by atoms with Crippen molar-refractivity contribution >= 4 is 21.4 Å². The minimum absolute atomic E-state index is 0.283. The van der Waals surface area contributed by atoms with Crippen molar-refractivity contribution in [3.8, 4) is 6.07 Å². The molecule has 0 spiro atoms. The lowest BCUT2D eigenvalue weighted by molar-refractivity contribution is 0.585. The molecule has 1 aromatic heterocycles. The zero-order chi connectivity index (χ0) is 11.3. The largest absolute Gasteiger partial charge is 0.225 e. The predicted octanol–water partition coefficient (Wildman–Crippen LogP) is 1.25. The number of sulfonamides is 1. The summed E-state index contributed by atoms with van der Waals surface area (Å²) < 4.78 is 24.8. The molecule has 0 amide bonds. The molecule has 6 heteroatoms. The van der Waals surface area contributed by atoms with E-state index in [1.807, 2.05) is 18.4 Å². The molecule has 0 aliphatic heterocycles. The highest BCUT2D eigenvalue weighted by Gasteiger charge is 2.10. The maximum atomic E-state index is 11.2. The summed E-state index contributed by atoms with van der Waals surface area (Å²) in [6, 6.07) is 3.60. The van der Waals surface area contributed by atoms with E-state index in [-0.39, 0.29) is 6.54 Å². The standard InChI is InChI=1S/C9H12N2O2S2/c1-2-8-3-5-14-9(8)7-11-15(12,13)6-4-10/h3,5,11H,2,6-7H2,1H3. The fraction of sp³-hybridized carbons (Fsp3) is 0.444. The smallest absolute Gasteiger partial charge is 0.211 e. The van der Waals surface area contributed by atoms with Gasteiger partial charge in [-0.1, -0.05) is 6.92 Å².